The smallest absolute Gasteiger partial charge is 0.346 e. The first-order valence-corrected chi connectivity index (χ1v) is 6.68. The SMILES string of the molecule is CCN(c1nn(C)c(=O)n(C)c1=O)C1CCCNC1. The molecule has 1 aromatic rings. The van der Waals surface area contributed by atoms with E-state index in [1.165, 1.54) is 11.7 Å². The predicted molar refractivity (Wildman–Crippen MR) is 73.6 cm³/mol. The Hall–Kier alpha value is -1.63. The van der Waals surface area contributed by atoms with Gasteiger partial charge < -0.3 is 10.2 Å². The summed E-state index contributed by atoms with van der Waals surface area (Å²) in [6.45, 7) is 4.57. The first-order valence-electron chi connectivity index (χ1n) is 6.68. The van der Waals surface area contributed by atoms with Gasteiger partial charge in [0.1, 0.15) is 0 Å². The quantitative estimate of drug-likeness (QED) is 0.765. The second-order valence-electron chi connectivity index (χ2n) is 4.88. The van der Waals surface area contributed by atoms with Gasteiger partial charge >= 0.3 is 5.69 Å². The molecule has 1 aromatic heterocycles. The highest BCUT2D eigenvalue weighted by atomic mass is 16.2. The van der Waals surface area contributed by atoms with Crippen LogP contribution in [0.2, 0.25) is 0 Å². The molecule has 0 bridgehead atoms. The summed E-state index contributed by atoms with van der Waals surface area (Å²) in [5.41, 5.74) is -0.720. The minimum atomic E-state index is -0.397. The Morgan fingerprint density at radius 2 is 2.16 bits per heavy atom. The van der Waals surface area contributed by atoms with E-state index in [0.29, 0.717) is 12.4 Å². The second-order valence-corrected chi connectivity index (χ2v) is 4.88. The zero-order valence-electron chi connectivity index (χ0n) is 11.7. The van der Waals surface area contributed by atoms with Crippen molar-refractivity contribution in [1.82, 2.24) is 19.7 Å². The Kier molecular flexibility index (Phi) is 4.04. The zero-order valence-corrected chi connectivity index (χ0v) is 11.7. The minimum Gasteiger partial charge on any atom is -0.347 e. The van der Waals surface area contributed by atoms with E-state index >= 15 is 0 Å². The summed E-state index contributed by atoms with van der Waals surface area (Å²) in [6, 6.07) is 0.261. The highest BCUT2D eigenvalue weighted by Gasteiger charge is 2.24. The van der Waals surface area contributed by atoms with Crippen molar-refractivity contribution >= 4 is 5.82 Å². The van der Waals surface area contributed by atoms with Gasteiger partial charge in [-0.05, 0) is 26.3 Å². The maximum Gasteiger partial charge on any atom is 0.346 e. The number of hydrogen-bond donors (Lipinski definition) is 1. The molecule has 1 aliphatic rings. The maximum absolute atomic E-state index is 12.2. The van der Waals surface area contributed by atoms with Crippen molar-refractivity contribution < 1.29 is 0 Å². The van der Waals surface area contributed by atoms with Crippen molar-refractivity contribution in [3.05, 3.63) is 20.8 Å². The van der Waals surface area contributed by atoms with E-state index in [1.54, 1.807) is 7.05 Å². The van der Waals surface area contributed by atoms with Gasteiger partial charge in [-0.1, -0.05) is 0 Å². The highest BCUT2D eigenvalue weighted by Crippen LogP contribution is 2.14. The molecular formula is C12H21N5O2. The van der Waals surface area contributed by atoms with Crippen LogP contribution >= 0.6 is 0 Å². The van der Waals surface area contributed by atoms with Crippen LogP contribution in [0.1, 0.15) is 19.8 Å². The number of aryl methyl sites for hydroxylation is 1. The van der Waals surface area contributed by atoms with Gasteiger partial charge in [-0.15, -0.1) is 5.10 Å². The summed E-state index contributed by atoms with van der Waals surface area (Å²) in [7, 11) is 3.06. The van der Waals surface area contributed by atoms with Crippen LogP contribution in [0.5, 0.6) is 0 Å². The molecule has 1 unspecified atom stereocenters. The normalized spacial score (nSPS) is 19.4. The molecular weight excluding hydrogens is 246 g/mol. The number of anilines is 1. The Labute approximate surface area is 111 Å². The number of nitrogens with one attached hydrogen (secondary N) is 1. The molecule has 1 atom stereocenters. The van der Waals surface area contributed by atoms with E-state index < -0.39 is 5.69 Å². The van der Waals surface area contributed by atoms with Crippen molar-refractivity contribution in [3.8, 4) is 0 Å². The molecule has 1 fully saturated rings. The lowest BCUT2D eigenvalue weighted by Crippen LogP contribution is -2.50. The van der Waals surface area contributed by atoms with E-state index in [1.807, 2.05) is 11.8 Å². The number of aromatic nitrogens is 3. The van der Waals surface area contributed by atoms with Crippen LogP contribution in [0.25, 0.3) is 0 Å². The lowest BCUT2D eigenvalue weighted by molar-refractivity contribution is 0.427. The van der Waals surface area contributed by atoms with E-state index in [9.17, 15) is 9.59 Å². The molecule has 0 aliphatic carbocycles. The van der Waals surface area contributed by atoms with Gasteiger partial charge in [-0.25, -0.2) is 9.48 Å². The van der Waals surface area contributed by atoms with Crippen molar-refractivity contribution in [2.75, 3.05) is 24.5 Å². The predicted octanol–water partition coefficient (Wildman–Crippen LogP) is -0.943. The van der Waals surface area contributed by atoms with Gasteiger partial charge in [0.05, 0.1) is 0 Å². The molecule has 0 spiro atoms. The topological polar surface area (TPSA) is 72.2 Å². The fourth-order valence-electron chi connectivity index (χ4n) is 2.54. The molecule has 106 valence electrons. The summed E-state index contributed by atoms with van der Waals surface area (Å²) in [5.74, 6) is 0.362. The summed E-state index contributed by atoms with van der Waals surface area (Å²) >= 11 is 0. The van der Waals surface area contributed by atoms with E-state index in [4.69, 9.17) is 0 Å². The van der Waals surface area contributed by atoms with Crippen molar-refractivity contribution in [3.63, 3.8) is 0 Å². The van der Waals surface area contributed by atoms with Crippen LogP contribution in [0.3, 0.4) is 0 Å². The highest BCUT2D eigenvalue weighted by molar-refractivity contribution is 5.36. The van der Waals surface area contributed by atoms with Gasteiger partial charge in [-0.2, -0.15) is 0 Å². The average Bonchev–Trinajstić information content (AvgIpc) is 2.44. The molecule has 2 heterocycles. The number of piperidine rings is 1. The lowest BCUT2D eigenvalue weighted by atomic mass is 10.1. The molecule has 7 nitrogen and oxygen atoms in total. The summed E-state index contributed by atoms with van der Waals surface area (Å²) in [4.78, 5) is 25.9. The molecule has 0 radical (unpaired) electrons. The monoisotopic (exact) mass is 267 g/mol. The van der Waals surface area contributed by atoms with Gasteiger partial charge in [0.15, 0.2) is 0 Å². The van der Waals surface area contributed by atoms with Crippen LogP contribution in [-0.2, 0) is 14.1 Å². The molecule has 0 amide bonds. The zero-order chi connectivity index (χ0) is 14.0. The Morgan fingerprint density at radius 1 is 1.42 bits per heavy atom. The Bertz CT molecular complexity index is 556. The van der Waals surface area contributed by atoms with Crippen molar-refractivity contribution in [1.29, 1.82) is 0 Å². The molecule has 2 rings (SSSR count). The third kappa shape index (κ3) is 2.56. The number of hydrogen-bond acceptors (Lipinski definition) is 5. The number of likely N-dealkylation sites (N-methyl/N-ethyl adjacent to an activating group) is 1. The minimum absolute atomic E-state index is 0.261. The molecule has 0 saturated carbocycles. The number of nitrogens with zero attached hydrogens (tertiary/aromatic N) is 4. The summed E-state index contributed by atoms with van der Waals surface area (Å²) < 4.78 is 2.33. The van der Waals surface area contributed by atoms with E-state index in [0.717, 1.165) is 30.5 Å². The molecule has 0 aromatic carbocycles. The van der Waals surface area contributed by atoms with E-state index in [2.05, 4.69) is 10.4 Å². The lowest BCUT2D eigenvalue weighted by Gasteiger charge is -2.34. The molecule has 1 saturated heterocycles. The fraction of sp³-hybridized carbons (Fsp3) is 0.750. The van der Waals surface area contributed by atoms with Crippen molar-refractivity contribution in [2.24, 2.45) is 14.1 Å². The van der Waals surface area contributed by atoms with Gasteiger partial charge in [0, 0.05) is 33.2 Å². The molecule has 7 heteroatoms. The van der Waals surface area contributed by atoms with Crippen molar-refractivity contribution in [2.45, 2.75) is 25.8 Å². The first kappa shape index (κ1) is 13.8. The second kappa shape index (κ2) is 5.56. The van der Waals surface area contributed by atoms with Gasteiger partial charge in [-0.3, -0.25) is 9.36 Å². The summed E-state index contributed by atoms with van der Waals surface area (Å²) in [5, 5.41) is 7.48. The van der Waals surface area contributed by atoms with E-state index in [-0.39, 0.29) is 11.6 Å². The van der Waals surface area contributed by atoms with Gasteiger partial charge in [0.25, 0.3) is 5.56 Å². The Morgan fingerprint density at radius 3 is 2.74 bits per heavy atom. The molecule has 1 aliphatic heterocycles. The largest absolute Gasteiger partial charge is 0.347 e. The van der Waals surface area contributed by atoms with Crippen LogP contribution in [0.15, 0.2) is 9.59 Å². The maximum atomic E-state index is 12.2. The molecule has 19 heavy (non-hydrogen) atoms. The molecule has 1 N–H and O–H groups in total. The fourth-order valence-corrected chi connectivity index (χ4v) is 2.54. The van der Waals surface area contributed by atoms with Crippen LogP contribution in [0.4, 0.5) is 5.82 Å². The standard InChI is InChI=1S/C12H21N5O2/c1-4-17(9-6-5-7-13-8-9)10-11(18)15(2)12(19)16(3)14-10/h9,13H,4-8H2,1-3H3. The third-order valence-electron chi connectivity index (χ3n) is 3.63. The van der Waals surface area contributed by atoms with Crippen LogP contribution < -0.4 is 21.5 Å². The van der Waals surface area contributed by atoms with Gasteiger partial charge in [0.2, 0.25) is 5.82 Å². The summed E-state index contributed by atoms with van der Waals surface area (Å²) in [6.07, 6.45) is 2.13. The number of rotatable bonds is 3. The third-order valence-corrected chi connectivity index (χ3v) is 3.63. The Balaban J connectivity index is 2.43. The average molecular weight is 267 g/mol. The van der Waals surface area contributed by atoms with Crippen LogP contribution in [-0.4, -0.2) is 40.0 Å². The van der Waals surface area contributed by atoms with Crippen LogP contribution in [0, 0.1) is 0 Å². The first-order chi connectivity index (χ1) is 9.06.